The lowest BCUT2D eigenvalue weighted by Gasteiger charge is -2.18. The Balaban J connectivity index is 1.84. The van der Waals surface area contributed by atoms with Crippen LogP contribution in [0.2, 0.25) is 0 Å². The predicted octanol–water partition coefficient (Wildman–Crippen LogP) is 2.39. The fraction of sp³-hybridized carbons (Fsp3) is 0.364. The lowest BCUT2D eigenvalue weighted by atomic mass is 10.1. The summed E-state index contributed by atoms with van der Waals surface area (Å²) in [5.41, 5.74) is 3.08. The summed E-state index contributed by atoms with van der Waals surface area (Å²) < 4.78 is 0. The first-order valence-corrected chi connectivity index (χ1v) is 9.39. The molecule has 0 aromatic heterocycles. The summed E-state index contributed by atoms with van der Waals surface area (Å²) in [5.74, 6) is -0.0782. The van der Waals surface area contributed by atoms with E-state index in [0.29, 0.717) is 12.1 Å². The van der Waals surface area contributed by atoms with Gasteiger partial charge in [-0.1, -0.05) is 54.6 Å². The molecule has 0 bridgehead atoms. The van der Waals surface area contributed by atoms with Crippen LogP contribution in [0.1, 0.15) is 48.2 Å². The molecule has 4 heteroatoms. The van der Waals surface area contributed by atoms with Crippen molar-refractivity contribution in [3.8, 4) is 0 Å². The molecule has 2 rings (SSSR count). The molecule has 4 nitrogen and oxygen atoms in total. The summed E-state index contributed by atoms with van der Waals surface area (Å²) in [6.45, 7) is 8.01. The number of quaternary nitrogens is 1. The summed E-state index contributed by atoms with van der Waals surface area (Å²) in [5, 5.41) is 2.96. The van der Waals surface area contributed by atoms with Gasteiger partial charge < -0.3 is 10.2 Å². The number of Topliss-reactive ketones (excluding diaryl/α,β-unsaturated/α-hetero) is 1. The molecule has 1 amide bonds. The fourth-order valence-electron chi connectivity index (χ4n) is 2.95. The van der Waals surface area contributed by atoms with Crippen LogP contribution in [0.5, 0.6) is 0 Å². The zero-order valence-corrected chi connectivity index (χ0v) is 15.8. The quantitative estimate of drug-likeness (QED) is 0.645. The second-order valence-corrected chi connectivity index (χ2v) is 6.47. The number of amides is 1. The molecule has 0 aliphatic rings. The number of carbonyl (C=O) groups excluding carboxylic acids is 2. The zero-order chi connectivity index (χ0) is 18.8. The van der Waals surface area contributed by atoms with Gasteiger partial charge in [0.1, 0.15) is 6.54 Å². The van der Waals surface area contributed by atoms with Gasteiger partial charge in [-0.3, -0.25) is 9.59 Å². The van der Waals surface area contributed by atoms with Gasteiger partial charge in [-0.05, 0) is 19.4 Å². The summed E-state index contributed by atoms with van der Waals surface area (Å²) in [6, 6.07) is 17.4. The smallest absolute Gasteiger partial charge is 0.220 e. The SMILES string of the molecule is CC[NH+](CC)Cc1ccccc1CNC(=O)CCC(=O)c1ccccc1. The summed E-state index contributed by atoms with van der Waals surface area (Å²) in [6.07, 6.45) is 0.457. The Bertz CT molecular complexity index is 709. The molecule has 0 saturated carbocycles. The minimum atomic E-state index is -0.0840. The third kappa shape index (κ3) is 6.12. The van der Waals surface area contributed by atoms with Crippen LogP contribution in [-0.2, 0) is 17.9 Å². The second kappa shape index (κ2) is 10.5. The van der Waals surface area contributed by atoms with Crippen LogP contribution in [-0.4, -0.2) is 24.8 Å². The van der Waals surface area contributed by atoms with E-state index in [0.717, 1.165) is 25.2 Å². The highest BCUT2D eigenvalue weighted by molar-refractivity contribution is 5.97. The van der Waals surface area contributed by atoms with Crippen LogP contribution in [0.4, 0.5) is 0 Å². The standard InChI is InChI=1S/C22H28N2O2/c1-3-24(4-2)17-20-13-9-8-12-19(20)16-23-22(26)15-14-21(25)18-10-6-5-7-11-18/h5-13H,3-4,14-17H2,1-2H3,(H,23,26)/p+1. The average Bonchev–Trinajstić information content (AvgIpc) is 2.70. The molecule has 0 saturated heterocycles. The van der Waals surface area contributed by atoms with Crippen molar-refractivity contribution in [1.29, 1.82) is 0 Å². The van der Waals surface area contributed by atoms with Crippen LogP contribution >= 0.6 is 0 Å². The van der Waals surface area contributed by atoms with Crippen LogP contribution in [0, 0.1) is 0 Å². The predicted molar refractivity (Wildman–Crippen MR) is 104 cm³/mol. The number of rotatable bonds is 10. The van der Waals surface area contributed by atoms with Crippen molar-refractivity contribution < 1.29 is 14.5 Å². The number of carbonyl (C=O) groups is 2. The first-order chi connectivity index (χ1) is 12.6. The highest BCUT2D eigenvalue weighted by Crippen LogP contribution is 2.08. The van der Waals surface area contributed by atoms with E-state index in [9.17, 15) is 9.59 Å². The highest BCUT2D eigenvalue weighted by atomic mass is 16.2. The summed E-state index contributed by atoms with van der Waals surface area (Å²) >= 11 is 0. The summed E-state index contributed by atoms with van der Waals surface area (Å²) in [7, 11) is 0. The van der Waals surface area contributed by atoms with Gasteiger partial charge in [-0.15, -0.1) is 0 Å². The maximum atomic E-state index is 12.1. The topological polar surface area (TPSA) is 50.6 Å². The van der Waals surface area contributed by atoms with Gasteiger partial charge in [0.15, 0.2) is 5.78 Å². The maximum Gasteiger partial charge on any atom is 0.220 e. The molecule has 0 spiro atoms. The van der Waals surface area contributed by atoms with Crippen LogP contribution < -0.4 is 10.2 Å². The Hall–Kier alpha value is -2.46. The number of ketones is 1. The van der Waals surface area contributed by atoms with Gasteiger partial charge in [0.2, 0.25) is 5.91 Å². The molecule has 0 unspecified atom stereocenters. The van der Waals surface area contributed by atoms with Gasteiger partial charge in [-0.25, -0.2) is 0 Å². The van der Waals surface area contributed by atoms with Crippen molar-refractivity contribution in [2.24, 2.45) is 0 Å². The number of nitrogens with one attached hydrogen (secondary N) is 2. The Morgan fingerprint density at radius 1 is 0.846 bits per heavy atom. The van der Waals surface area contributed by atoms with E-state index < -0.39 is 0 Å². The molecule has 0 aliphatic carbocycles. The van der Waals surface area contributed by atoms with Crippen molar-refractivity contribution >= 4 is 11.7 Å². The highest BCUT2D eigenvalue weighted by Gasteiger charge is 2.11. The van der Waals surface area contributed by atoms with Crippen molar-refractivity contribution in [3.63, 3.8) is 0 Å². The average molecular weight is 353 g/mol. The van der Waals surface area contributed by atoms with E-state index in [1.807, 2.05) is 30.3 Å². The third-order valence-electron chi connectivity index (χ3n) is 4.71. The third-order valence-corrected chi connectivity index (χ3v) is 4.71. The molecule has 0 radical (unpaired) electrons. The maximum absolute atomic E-state index is 12.1. The zero-order valence-electron chi connectivity index (χ0n) is 15.8. The molecule has 0 atom stereocenters. The Kier molecular flexibility index (Phi) is 8.03. The minimum Gasteiger partial charge on any atom is -0.352 e. The Morgan fingerprint density at radius 3 is 2.12 bits per heavy atom. The molecule has 0 aliphatic heterocycles. The van der Waals surface area contributed by atoms with Crippen LogP contribution in [0.15, 0.2) is 54.6 Å². The number of benzene rings is 2. The molecular weight excluding hydrogens is 324 g/mol. The Labute approximate surface area is 156 Å². The van der Waals surface area contributed by atoms with Crippen molar-refractivity contribution in [3.05, 3.63) is 71.3 Å². The van der Waals surface area contributed by atoms with Crippen LogP contribution in [0.25, 0.3) is 0 Å². The molecule has 2 aromatic carbocycles. The number of hydrogen-bond donors (Lipinski definition) is 2. The molecule has 2 N–H and O–H groups in total. The van der Waals surface area contributed by atoms with Gasteiger partial charge in [0.25, 0.3) is 0 Å². The van der Waals surface area contributed by atoms with E-state index in [1.165, 1.54) is 10.5 Å². The molecular formula is C22H29N2O2+. The van der Waals surface area contributed by atoms with Crippen LogP contribution in [0.3, 0.4) is 0 Å². The van der Waals surface area contributed by atoms with E-state index in [1.54, 1.807) is 12.1 Å². The molecule has 26 heavy (non-hydrogen) atoms. The normalized spacial score (nSPS) is 10.7. The first-order valence-electron chi connectivity index (χ1n) is 9.39. The molecule has 138 valence electrons. The lowest BCUT2D eigenvalue weighted by Crippen LogP contribution is -3.10. The second-order valence-electron chi connectivity index (χ2n) is 6.47. The Morgan fingerprint density at radius 2 is 1.46 bits per heavy atom. The first kappa shape index (κ1) is 19.9. The van der Waals surface area contributed by atoms with Gasteiger partial charge in [0, 0.05) is 30.5 Å². The number of hydrogen-bond acceptors (Lipinski definition) is 2. The van der Waals surface area contributed by atoms with E-state index in [4.69, 9.17) is 0 Å². The summed E-state index contributed by atoms with van der Waals surface area (Å²) in [4.78, 5) is 25.7. The van der Waals surface area contributed by atoms with Gasteiger partial charge in [0.05, 0.1) is 13.1 Å². The van der Waals surface area contributed by atoms with Crippen molar-refractivity contribution in [2.45, 2.75) is 39.8 Å². The monoisotopic (exact) mass is 353 g/mol. The molecule has 0 heterocycles. The van der Waals surface area contributed by atoms with E-state index in [2.05, 4.69) is 31.3 Å². The fourth-order valence-corrected chi connectivity index (χ4v) is 2.95. The van der Waals surface area contributed by atoms with Gasteiger partial charge in [-0.2, -0.15) is 0 Å². The minimum absolute atomic E-state index is 0.00582. The molecule has 0 fully saturated rings. The molecule has 2 aromatic rings. The van der Waals surface area contributed by atoms with E-state index in [-0.39, 0.29) is 24.5 Å². The van der Waals surface area contributed by atoms with Crippen molar-refractivity contribution in [1.82, 2.24) is 5.32 Å². The lowest BCUT2D eigenvalue weighted by molar-refractivity contribution is -0.910. The van der Waals surface area contributed by atoms with E-state index >= 15 is 0 Å². The largest absolute Gasteiger partial charge is 0.352 e. The van der Waals surface area contributed by atoms with Crippen molar-refractivity contribution in [2.75, 3.05) is 13.1 Å². The van der Waals surface area contributed by atoms with Gasteiger partial charge >= 0.3 is 0 Å².